The highest BCUT2D eigenvalue weighted by atomic mass is 32.2. The standard InChI is InChI=1S/C11H19N3O4S/c1-4-13-8-10(12-9-13)19(16,17)14(5-2)7-6-11(15)18-3/h8-9H,4-7H2,1-3H3. The van der Waals surface area contributed by atoms with Gasteiger partial charge in [0.1, 0.15) is 0 Å². The molecule has 1 heterocycles. The van der Waals surface area contributed by atoms with E-state index < -0.39 is 16.0 Å². The first-order chi connectivity index (χ1) is 8.95. The molecule has 0 amide bonds. The molecule has 0 fully saturated rings. The lowest BCUT2D eigenvalue weighted by Crippen LogP contribution is -2.33. The zero-order valence-electron chi connectivity index (χ0n) is 11.4. The van der Waals surface area contributed by atoms with Gasteiger partial charge in [-0.25, -0.2) is 13.4 Å². The van der Waals surface area contributed by atoms with Crippen LogP contribution in [0.25, 0.3) is 0 Å². The molecule has 0 saturated carbocycles. The van der Waals surface area contributed by atoms with E-state index in [1.807, 2.05) is 6.92 Å². The summed E-state index contributed by atoms with van der Waals surface area (Å²) in [5.41, 5.74) is 0. The number of nitrogens with zero attached hydrogens (tertiary/aromatic N) is 3. The Morgan fingerprint density at radius 3 is 2.63 bits per heavy atom. The van der Waals surface area contributed by atoms with E-state index in [0.717, 1.165) is 0 Å². The summed E-state index contributed by atoms with van der Waals surface area (Å²) in [4.78, 5) is 15.0. The Morgan fingerprint density at radius 1 is 1.47 bits per heavy atom. The van der Waals surface area contributed by atoms with Gasteiger partial charge < -0.3 is 9.30 Å². The molecule has 19 heavy (non-hydrogen) atoms. The van der Waals surface area contributed by atoms with Crippen LogP contribution in [0.1, 0.15) is 20.3 Å². The van der Waals surface area contributed by atoms with Crippen molar-refractivity contribution >= 4 is 16.0 Å². The van der Waals surface area contributed by atoms with Crippen molar-refractivity contribution in [2.24, 2.45) is 0 Å². The van der Waals surface area contributed by atoms with E-state index in [-0.39, 0.29) is 24.5 Å². The minimum absolute atomic E-state index is 0.000987. The van der Waals surface area contributed by atoms with Gasteiger partial charge >= 0.3 is 5.97 Å². The highest BCUT2D eigenvalue weighted by molar-refractivity contribution is 7.89. The maximum Gasteiger partial charge on any atom is 0.306 e. The van der Waals surface area contributed by atoms with Gasteiger partial charge in [0.25, 0.3) is 10.0 Å². The number of carbonyl (C=O) groups is 1. The Kier molecular flexibility index (Phi) is 5.49. The van der Waals surface area contributed by atoms with Gasteiger partial charge in [-0.15, -0.1) is 0 Å². The summed E-state index contributed by atoms with van der Waals surface area (Å²) in [6.07, 6.45) is 2.98. The minimum atomic E-state index is -3.65. The molecular formula is C11H19N3O4S. The number of hydrogen-bond acceptors (Lipinski definition) is 5. The first-order valence-electron chi connectivity index (χ1n) is 6.04. The molecule has 0 aliphatic heterocycles. The molecular weight excluding hydrogens is 270 g/mol. The normalized spacial score (nSPS) is 11.8. The van der Waals surface area contributed by atoms with E-state index in [9.17, 15) is 13.2 Å². The van der Waals surface area contributed by atoms with Crippen LogP contribution >= 0.6 is 0 Å². The van der Waals surface area contributed by atoms with E-state index in [0.29, 0.717) is 6.54 Å². The second kappa shape index (κ2) is 6.67. The number of methoxy groups -OCH3 is 1. The smallest absolute Gasteiger partial charge is 0.306 e. The average molecular weight is 289 g/mol. The summed E-state index contributed by atoms with van der Waals surface area (Å²) < 4.78 is 32.0. The molecule has 0 N–H and O–H groups in total. The molecule has 0 bridgehead atoms. The van der Waals surface area contributed by atoms with Gasteiger partial charge in [0.15, 0.2) is 5.03 Å². The van der Waals surface area contributed by atoms with Crippen LogP contribution in [-0.2, 0) is 26.1 Å². The molecule has 0 aromatic carbocycles. The van der Waals surface area contributed by atoms with Gasteiger partial charge in [0.05, 0.1) is 19.9 Å². The first kappa shape index (κ1) is 15.6. The van der Waals surface area contributed by atoms with Crippen LogP contribution < -0.4 is 0 Å². The van der Waals surface area contributed by atoms with Gasteiger partial charge in [0.2, 0.25) is 0 Å². The molecule has 7 nitrogen and oxygen atoms in total. The molecule has 0 spiro atoms. The van der Waals surface area contributed by atoms with Gasteiger partial charge in [-0.1, -0.05) is 6.92 Å². The Labute approximate surface area is 113 Å². The predicted molar refractivity (Wildman–Crippen MR) is 69.0 cm³/mol. The number of aryl methyl sites for hydroxylation is 1. The van der Waals surface area contributed by atoms with E-state index in [2.05, 4.69) is 9.72 Å². The molecule has 0 atom stereocenters. The number of rotatable bonds is 7. The topological polar surface area (TPSA) is 81.5 Å². The highest BCUT2D eigenvalue weighted by Gasteiger charge is 2.25. The maximum atomic E-state index is 12.3. The first-order valence-corrected chi connectivity index (χ1v) is 7.48. The number of hydrogen-bond donors (Lipinski definition) is 0. The summed E-state index contributed by atoms with van der Waals surface area (Å²) in [5.74, 6) is -0.437. The predicted octanol–water partition coefficient (Wildman–Crippen LogP) is 0.477. The molecule has 0 radical (unpaired) electrons. The largest absolute Gasteiger partial charge is 0.469 e. The Morgan fingerprint density at radius 2 is 2.16 bits per heavy atom. The zero-order valence-corrected chi connectivity index (χ0v) is 12.2. The summed E-state index contributed by atoms with van der Waals surface area (Å²) in [6.45, 7) is 4.62. The molecule has 0 aliphatic carbocycles. The van der Waals surface area contributed by atoms with Crippen molar-refractivity contribution in [3.05, 3.63) is 12.5 Å². The quantitative estimate of drug-likeness (QED) is 0.682. The fourth-order valence-corrected chi connectivity index (χ4v) is 2.93. The van der Waals surface area contributed by atoms with E-state index >= 15 is 0 Å². The third-order valence-electron chi connectivity index (χ3n) is 2.72. The number of esters is 1. The van der Waals surface area contributed by atoms with Crippen LogP contribution in [0.4, 0.5) is 0 Å². The fraction of sp³-hybridized carbons (Fsp3) is 0.636. The van der Waals surface area contributed by atoms with Crippen LogP contribution in [0.15, 0.2) is 17.6 Å². The van der Waals surface area contributed by atoms with Crippen LogP contribution in [0, 0.1) is 0 Å². The molecule has 0 unspecified atom stereocenters. The summed E-state index contributed by atoms with van der Waals surface area (Å²) in [5, 5.41) is 0.000987. The summed E-state index contributed by atoms with van der Waals surface area (Å²) >= 11 is 0. The van der Waals surface area contributed by atoms with Crippen molar-refractivity contribution in [2.75, 3.05) is 20.2 Å². The number of ether oxygens (including phenoxy) is 1. The molecule has 1 aromatic heterocycles. The second-order valence-electron chi connectivity index (χ2n) is 3.87. The van der Waals surface area contributed by atoms with Crippen molar-refractivity contribution in [3.63, 3.8) is 0 Å². The van der Waals surface area contributed by atoms with Crippen molar-refractivity contribution in [1.82, 2.24) is 13.9 Å². The molecule has 0 aliphatic rings. The third kappa shape index (κ3) is 3.77. The monoisotopic (exact) mass is 289 g/mol. The molecule has 8 heteroatoms. The maximum absolute atomic E-state index is 12.3. The number of sulfonamides is 1. The fourth-order valence-electron chi connectivity index (χ4n) is 1.54. The lowest BCUT2D eigenvalue weighted by atomic mass is 10.4. The Bertz CT molecular complexity index is 524. The second-order valence-corrected chi connectivity index (χ2v) is 5.75. The number of imidazole rings is 1. The summed E-state index contributed by atoms with van der Waals surface area (Å²) in [6, 6.07) is 0. The van der Waals surface area contributed by atoms with E-state index in [1.54, 1.807) is 11.5 Å². The van der Waals surface area contributed by atoms with Gasteiger partial charge in [-0.2, -0.15) is 4.31 Å². The van der Waals surface area contributed by atoms with Crippen LogP contribution in [0.3, 0.4) is 0 Å². The Hall–Kier alpha value is -1.41. The van der Waals surface area contributed by atoms with Crippen molar-refractivity contribution in [1.29, 1.82) is 0 Å². The third-order valence-corrected chi connectivity index (χ3v) is 4.58. The number of aromatic nitrogens is 2. The molecule has 1 aromatic rings. The van der Waals surface area contributed by atoms with Crippen molar-refractivity contribution < 1.29 is 17.9 Å². The van der Waals surface area contributed by atoms with E-state index in [1.165, 1.54) is 23.9 Å². The van der Waals surface area contributed by atoms with Crippen molar-refractivity contribution in [3.8, 4) is 0 Å². The van der Waals surface area contributed by atoms with Crippen LogP contribution in [0.5, 0.6) is 0 Å². The van der Waals surface area contributed by atoms with Crippen LogP contribution in [-0.4, -0.2) is 48.4 Å². The van der Waals surface area contributed by atoms with Gasteiger partial charge in [-0.05, 0) is 6.92 Å². The van der Waals surface area contributed by atoms with Crippen LogP contribution in [0.2, 0.25) is 0 Å². The van der Waals surface area contributed by atoms with E-state index in [4.69, 9.17) is 0 Å². The summed E-state index contributed by atoms with van der Waals surface area (Å²) in [7, 11) is -2.38. The lowest BCUT2D eigenvalue weighted by Gasteiger charge is -2.18. The molecule has 108 valence electrons. The zero-order chi connectivity index (χ0) is 14.5. The SMILES string of the molecule is CCN(CCC(=O)OC)S(=O)(=O)c1cn(CC)cn1. The van der Waals surface area contributed by atoms with Gasteiger partial charge in [0, 0.05) is 25.8 Å². The highest BCUT2D eigenvalue weighted by Crippen LogP contribution is 2.13. The minimum Gasteiger partial charge on any atom is -0.469 e. The van der Waals surface area contributed by atoms with Gasteiger partial charge in [-0.3, -0.25) is 4.79 Å². The Balaban J connectivity index is 2.86. The lowest BCUT2D eigenvalue weighted by molar-refractivity contribution is -0.140. The molecule has 0 saturated heterocycles. The number of carbonyl (C=O) groups excluding carboxylic acids is 1. The van der Waals surface area contributed by atoms with Crippen molar-refractivity contribution in [2.45, 2.75) is 31.8 Å². The molecule has 1 rings (SSSR count). The average Bonchev–Trinajstić information content (AvgIpc) is 2.88.